The van der Waals surface area contributed by atoms with Gasteiger partial charge in [-0.1, -0.05) is 0 Å². The highest BCUT2D eigenvalue weighted by atomic mass is 16.5. The standard InChI is InChI=1S/C20H28N4O3/c1-6-26-15-8-9-18(27-7-2)16(10-15)24-20(21)23-12-17-14(4)19(25-5)13(3)11-22-17/h8-11H,6-7,12H2,1-5H3,(H3,21,23,24). The molecule has 1 aromatic heterocycles. The molecule has 1 aromatic carbocycles. The number of nitrogens with zero attached hydrogens (tertiary/aromatic N) is 2. The second-order valence-corrected chi connectivity index (χ2v) is 5.90. The second-order valence-electron chi connectivity index (χ2n) is 5.90. The highest BCUT2D eigenvalue weighted by molar-refractivity contribution is 5.94. The van der Waals surface area contributed by atoms with E-state index in [1.165, 1.54) is 0 Å². The van der Waals surface area contributed by atoms with Gasteiger partial charge in [0.15, 0.2) is 5.96 Å². The summed E-state index contributed by atoms with van der Waals surface area (Å²) in [6, 6.07) is 5.55. The molecule has 0 atom stereocenters. The number of methoxy groups -OCH3 is 1. The first-order valence-corrected chi connectivity index (χ1v) is 8.95. The third kappa shape index (κ3) is 5.26. The molecule has 0 aliphatic carbocycles. The zero-order valence-electron chi connectivity index (χ0n) is 16.6. The smallest absolute Gasteiger partial charge is 0.193 e. The van der Waals surface area contributed by atoms with Crippen molar-refractivity contribution < 1.29 is 14.2 Å². The van der Waals surface area contributed by atoms with Crippen molar-refractivity contribution in [3.8, 4) is 17.2 Å². The maximum absolute atomic E-state index is 6.08. The highest BCUT2D eigenvalue weighted by Gasteiger charge is 2.10. The lowest BCUT2D eigenvalue weighted by Crippen LogP contribution is -2.23. The fourth-order valence-electron chi connectivity index (χ4n) is 2.71. The molecule has 0 aliphatic heterocycles. The Bertz CT molecular complexity index is 806. The van der Waals surface area contributed by atoms with E-state index >= 15 is 0 Å². The predicted molar refractivity (Wildman–Crippen MR) is 108 cm³/mol. The topological polar surface area (TPSA) is 91.0 Å². The molecule has 2 aromatic rings. The summed E-state index contributed by atoms with van der Waals surface area (Å²) in [5, 5.41) is 3.09. The number of pyridine rings is 1. The molecule has 0 fully saturated rings. The molecule has 2 rings (SSSR count). The van der Waals surface area contributed by atoms with E-state index in [0.717, 1.165) is 28.3 Å². The summed E-state index contributed by atoms with van der Waals surface area (Å²) in [5.41, 5.74) is 9.55. The minimum atomic E-state index is 0.269. The Labute approximate surface area is 160 Å². The van der Waals surface area contributed by atoms with Crippen LogP contribution in [0.1, 0.15) is 30.7 Å². The van der Waals surface area contributed by atoms with E-state index in [9.17, 15) is 0 Å². The number of nitrogens with one attached hydrogen (secondary N) is 1. The molecule has 27 heavy (non-hydrogen) atoms. The van der Waals surface area contributed by atoms with Crippen LogP contribution in [0.15, 0.2) is 29.4 Å². The summed E-state index contributed by atoms with van der Waals surface area (Å²) in [6.45, 7) is 9.26. The Kier molecular flexibility index (Phi) is 7.28. The lowest BCUT2D eigenvalue weighted by atomic mass is 10.1. The van der Waals surface area contributed by atoms with Gasteiger partial charge in [0.25, 0.3) is 0 Å². The van der Waals surface area contributed by atoms with Crippen LogP contribution in [0.2, 0.25) is 0 Å². The van der Waals surface area contributed by atoms with E-state index < -0.39 is 0 Å². The van der Waals surface area contributed by atoms with Crippen molar-refractivity contribution in [2.24, 2.45) is 10.7 Å². The van der Waals surface area contributed by atoms with Crippen molar-refractivity contribution in [3.63, 3.8) is 0 Å². The van der Waals surface area contributed by atoms with Gasteiger partial charge in [0.05, 0.1) is 38.2 Å². The molecule has 0 aliphatic rings. The molecular weight excluding hydrogens is 344 g/mol. The SMILES string of the molecule is CCOc1ccc(OCC)c(NC(N)=NCc2ncc(C)c(OC)c2C)c1. The van der Waals surface area contributed by atoms with Gasteiger partial charge < -0.3 is 25.3 Å². The number of hydrogen-bond donors (Lipinski definition) is 2. The number of benzene rings is 1. The number of nitrogens with two attached hydrogens (primary N) is 1. The summed E-state index contributed by atoms with van der Waals surface area (Å²) >= 11 is 0. The van der Waals surface area contributed by atoms with Gasteiger partial charge in [-0.2, -0.15) is 0 Å². The first kappa shape index (κ1) is 20.4. The molecule has 0 unspecified atom stereocenters. The van der Waals surface area contributed by atoms with Crippen LogP contribution in [0, 0.1) is 13.8 Å². The van der Waals surface area contributed by atoms with Crippen molar-refractivity contribution in [2.75, 3.05) is 25.6 Å². The monoisotopic (exact) mass is 372 g/mol. The number of aryl methyl sites for hydroxylation is 1. The summed E-state index contributed by atoms with van der Waals surface area (Å²) in [4.78, 5) is 8.84. The Morgan fingerprint density at radius 2 is 1.93 bits per heavy atom. The van der Waals surface area contributed by atoms with Crippen LogP contribution in [0.5, 0.6) is 17.2 Å². The van der Waals surface area contributed by atoms with E-state index in [1.807, 2.05) is 45.9 Å². The van der Waals surface area contributed by atoms with Gasteiger partial charge in [0.1, 0.15) is 17.2 Å². The van der Waals surface area contributed by atoms with Crippen molar-refractivity contribution in [1.82, 2.24) is 4.98 Å². The average Bonchev–Trinajstić information content (AvgIpc) is 2.64. The van der Waals surface area contributed by atoms with Crippen molar-refractivity contribution >= 4 is 11.6 Å². The van der Waals surface area contributed by atoms with E-state index in [4.69, 9.17) is 19.9 Å². The molecular formula is C20H28N4O3. The van der Waals surface area contributed by atoms with Crippen LogP contribution in [0.3, 0.4) is 0 Å². The summed E-state index contributed by atoms with van der Waals surface area (Å²) in [7, 11) is 1.65. The molecule has 0 amide bonds. The molecule has 7 nitrogen and oxygen atoms in total. The van der Waals surface area contributed by atoms with Gasteiger partial charge in [-0.25, -0.2) is 4.99 Å². The van der Waals surface area contributed by atoms with Gasteiger partial charge in [-0.05, 0) is 39.8 Å². The minimum Gasteiger partial charge on any atom is -0.496 e. The van der Waals surface area contributed by atoms with Crippen LogP contribution >= 0.6 is 0 Å². The Balaban J connectivity index is 2.19. The minimum absolute atomic E-state index is 0.269. The number of guanidine groups is 1. The molecule has 7 heteroatoms. The van der Waals surface area contributed by atoms with Gasteiger partial charge in [-0.3, -0.25) is 4.98 Å². The van der Waals surface area contributed by atoms with Crippen molar-refractivity contribution in [2.45, 2.75) is 34.2 Å². The van der Waals surface area contributed by atoms with Gasteiger partial charge >= 0.3 is 0 Å². The van der Waals surface area contributed by atoms with E-state index in [1.54, 1.807) is 13.3 Å². The maximum atomic E-state index is 6.08. The van der Waals surface area contributed by atoms with Gasteiger partial charge in [0.2, 0.25) is 0 Å². The summed E-state index contributed by atoms with van der Waals surface area (Å²) in [5.74, 6) is 2.51. The molecule has 0 spiro atoms. The lowest BCUT2D eigenvalue weighted by Gasteiger charge is -2.14. The van der Waals surface area contributed by atoms with E-state index in [0.29, 0.717) is 31.2 Å². The number of ether oxygens (including phenoxy) is 3. The van der Waals surface area contributed by atoms with E-state index in [2.05, 4.69) is 15.3 Å². The van der Waals surface area contributed by atoms with Crippen molar-refractivity contribution in [3.05, 3.63) is 41.2 Å². The lowest BCUT2D eigenvalue weighted by molar-refractivity contribution is 0.332. The molecule has 0 bridgehead atoms. The number of rotatable bonds is 8. The second kappa shape index (κ2) is 9.66. The van der Waals surface area contributed by atoms with Crippen molar-refractivity contribution in [1.29, 1.82) is 0 Å². The first-order valence-electron chi connectivity index (χ1n) is 8.95. The number of hydrogen-bond acceptors (Lipinski definition) is 5. The largest absolute Gasteiger partial charge is 0.496 e. The Morgan fingerprint density at radius 3 is 2.59 bits per heavy atom. The Hall–Kier alpha value is -2.96. The van der Waals surface area contributed by atoms with Crippen LogP contribution in [0.4, 0.5) is 5.69 Å². The number of anilines is 1. The molecule has 0 saturated carbocycles. The Morgan fingerprint density at radius 1 is 1.19 bits per heavy atom. The molecule has 0 radical (unpaired) electrons. The average molecular weight is 372 g/mol. The van der Waals surface area contributed by atoms with Crippen LogP contribution < -0.4 is 25.3 Å². The fraction of sp³-hybridized carbons (Fsp3) is 0.400. The maximum Gasteiger partial charge on any atom is 0.193 e. The molecule has 0 saturated heterocycles. The van der Waals surface area contributed by atoms with Crippen LogP contribution in [-0.2, 0) is 6.54 Å². The zero-order chi connectivity index (χ0) is 19.8. The molecule has 146 valence electrons. The quantitative estimate of drug-likeness (QED) is 0.545. The highest BCUT2D eigenvalue weighted by Crippen LogP contribution is 2.29. The summed E-state index contributed by atoms with van der Waals surface area (Å²) < 4.78 is 16.6. The van der Waals surface area contributed by atoms with Gasteiger partial charge in [0, 0.05) is 23.4 Å². The molecule has 1 heterocycles. The van der Waals surface area contributed by atoms with Crippen LogP contribution in [0.25, 0.3) is 0 Å². The number of aromatic nitrogens is 1. The predicted octanol–water partition coefficient (Wildman–Crippen LogP) is 3.43. The zero-order valence-corrected chi connectivity index (χ0v) is 16.6. The molecule has 3 N–H and O–H groups in total. The van der Waals surface area contributed by atoms with E-state index in [-0.39, 0.29) is 5.96 Å². The first-order chi connectivity index (χ1) is 13.0. The summed E-state index contributed by atoms with van der Waals surface area (Å²) in [6.07, 6.45) is 1.78. The normalized spacial score (nSPS) is 11.2. The van der Waals surface area contributed by atoms with Crippen LogP contribution in [-0.4, -0.2) is 31.3 Å². The van der Waals surface area contributed by atoms with Gasteiger partial charge in [-0.15, -0.1) is 0 Å². The third-order valence-electron chi connectivity index (χ3n) is 3.97. The third-order valence-corrected chi connectivity index (χ3v) is 3.97. The fourth-order valence-corrected chi connectivity index (χ4v) is 2.71. The number of aliphatic imine (C=N–C) groups is 1.